The summed E-state index contributed by atoms with van der Waals surface area (Å²) < 4.78 is 1.08. The third-order valence-electron chi connectivity index (χ3n) is 4.70. The molecule has 0 unspecified atom stereocenters. The first kappa shape index (κ1) is 18.9. The highest BCUT2D eigenvalue weighted by Crippen LogP contribution is 2.34. The highest BCUT2D eigenvalue weighted by Gasteiger charge is 2.18. The number of amides is 1. The molecule has 0 saturated carbocycles. The summed E-state index contributed by atoms with van der Waals surface area (Å²) in [5.41, 5.74) is 5.31. The number of rotatable bonds is 4. The van der Waals surface area contributed by atoms with Gasteiger partial charge in [-0.1, -0.05) is 47.2 Å². The van der Waals surface area contributed by atoms with E-state index in [1.165, 1.54) is 0 Å². The molecule has 29 heavy (non-hydrogen) atoms. The number of anilines is 1. The molecule has 0 atom stereocenters. The monoisotopic (exact) mass is 405 g/mol. The smallest absolute Gasteiger partial charge is 0.311 e. The van der Waals surface area contributed by atoms with Gasteiger partial charge < -0.3 is 10.4 Å². The normalized spacial score (nSPS) is 13.7. The summed E-state index contributed by atoms with van der Waals surface area (Å²) in [5.74, 6) is -0.597. The van der Waals surface area contributed by atoms with Crippen molar-refractivity contribution in [2.24, 2.45) is 4.99 Å². The molecule has 1 aromatic heterocycles. The lowest BCUT2D eigenvalue weighted by molar-refractivity contribution is -0.116. The molecular formula is C22H19N3O3S. The van der Waals surface area contributed by atoms with Crippen molar-refractivity contribution in [2.75, 3.05) is 5.32 Å². The molecule has 0 fully saturated rings. The maximum absolute atomic E-state index is 12.4. The number of benzene rings is 2. The maximum Gasteiger partial charge on any atom is 0.311 e. The van der Waals surface area contributed by atoms with Crippen LogP contribution in [-0.2, 0) is 11.3 Å². The largest absolute Gasteiger partial charge is 0.493 e. The van der Waals surface area contributed by atoms with Gasteiger partial charge in [0.05, 0.1) is 10.6 Å². The minimum absolute atomic E-state index is 0.221. The second kappa shape index (κ2) is 7.52. The molecule has 0 aliphatic carbocycles. The number of para-hydroxylation sites is 1. The quantitative estimate of drug-likeness (QED) is 0.685. The van der Waals surface area contributed by atoms with Crippen LogP contribution in [0.5, 0.6) is 5.88 Å². The minimum atomic E-state index is -0.395. The zero-order valence-electron chi connectivity index (χ0n) is 16.0. The number of carbonyl (C=O) groups is 1. The predicted octanol–water partition coefficient (Wildman–Crippen LogP) is 4.13. The van der Waals surface area contributed by atoms with Gasteiger partial charge in [-0.05, 0) is 37.6 Å². The van der Waals surface area contributed by atoms with Crippen molar-refractivity contribution in [2.45, 2.75) is 20.4 Å². The van der Waals surface area contributed by atoms with Crippen molar-refractivity contribution in [3.63, 3.8) is 0 Å². The number of nitrogens with zero attached hydrogens (tertiary/aromatic N) is 2. The standard InChI is InChI=1S/C22H19N3O3S/c1-13-7-8-17(14(2)9-13)24-20(26)12-25-21(27)19(29-22(25)28)10-15-11-23-18-6-4-3-5-16(15)18/h3-11,27H,12H2,1-2H3,(H,24,26). The van der Waals surface area contributed by atoms with Gasteiger partial charge in [0.1, 0.15) is 6.54 Å². The first-order chi connectivity index (χ1) is 13.9. The van der Waals surface area contributed by atoms with Gasteiger partial charge >= 0.3 is 4.87 Å². The first-order valence-electron chi connectivity index (χ1n) is 9.07. The zero-order chi connectivity index (χ0) is 20.5. The summed E-state index contributed by atoms with van der Waals surface area (Å²) in [6, 6.07) is 13.3. The number of aromatic nitrogens is 1. The number of aromatic hydroxyl groups is 1. The Morgan fingerprint density at radius 3 is 2.83 bits per heavy atom. The SMILES string of the molecule is Cc1ccc(NC(=O)Cn2c(O)c(C=C3C=Nc4ccccc43)sc2=O)c(C)c1. The van der Waals surface area contributed by atoms with E-state index in [9.17, 15) is 14.7 Å². The van der Waals surface area contributed by atoms with Crippen LogP contribution in [0.1, 0.15) is 21.6 Å². The van der Waals surface area contributed by atoms with Crippen molar-refractivity contribution in [3.8, 4) is 5.88 Å². The van der Waals surface area contributed by atoms with E-state index in [0.29, 0.717) is 10.6 Å². The molecule has 2 heterocycles. The molecule has 3 aromatic rings. The molecule has 0 saturated heterocycles. The molecular weight excluding hydrogens is 386 g/mol. The second-order valence-electron chi connectivity index (χ2n) is 6.88. The Hall–Kier alpha value is -3.45. The van der Waals surface area contributed by atoms with Crippen LogP contribution < -0.4 is 10.2 Å². The number of aryl methyl sites for hydroxylation is 2. The Morgan fingerprint density at radius 1 is 1.24 bits per heavy atom. The van der Waals surface area contributed by atoms with Crippen molar-refractivity contribution < 1.29 is 9.90 Å². The number of hydrogen-bond acceptors (Lipinski definition) is 5. The van der Waals surface area contributed by atoms with E-state index in [-0.39, 0.29) is 18.3 Å². The summed E-state index contributed by atoms with van der Waals surface area (Å²) in [6.07, 6.45) is 3.42. The van der Waals surface area contributed by atoms with E-state index in [1.54, 1.807) is 12.3 Å². The number of allylic oxidation sites excluding steroid dienone is 1. The van der Waals surface area contributed by atoms with Crippen LogP contribution in [0.25, 0.3) is 11.6 Å². The van der Waals surface area contributed by atoms with Gasteiger partial charge in [-0.2, -0.15) is 0 Å². The predicted molar refractivity (Wildman–Crippen MR) is 117 cm³/mol. The van der Waals surface area contributed by atoms with Crippen LogP contribution in [0.4, 0.5) is 11.4 Å². The fourth-order valence-corrected chi connectivity index (χ4v) is 4.07. The van der Waals surface area contributed by atoms with E-state index >= 15 is 0 Å². The Labute approximate surface area is 171 Å². The molecule has 0 radical (unpaired) electrons. The Morgan fingerprint density at radius 2 is 2.03 bits per heavy atom. The van der Waals surface area contributed by atoms with Gasteiger partial charge in [-0.25, -0.2) is 0 Å². The minimum Gasteiger partial charge on any atom is -0.493 e. The third kappa shape index (κ3) is 3.77. The van der Waals surface area contributed by atoms with Crippen LogP contribution in [0, 0.1) is 13.8 Å². The molecule has 4 rings (SSSR count). The molecule has 7 heteroatoms. The van der Waals surface area contributed by atoms with Gasteiger partial charge in [0, 0.05) is 23.0 Å². The average Bonchev–Trinajstić information content (AvgIpc) is 3.21. The maximum atomic E-state index is 12.4. The van der Waals surface area contributed by atoms with Crippen LogP contribution in [0.3, 0.4) is 0 Å². The molecule has 1 aliphatic heterocycles. The zero-order valence-corrected chi connectivity index (χ0v) is 16.8. The highest BCUT2D eigenvalue weighted by atomic mass is 32.1. The van der Waals surface area contributed by atoms with Crippen LogP contribution >= 0.6 is 11.3 Å². The fourth-order valence-electron chi connectivity index (χ4n) is 3.23. The van der Waals surface area contributed by atoms with Crippen LogP contribution in [-0.4, -0.2) is 21.8 Å². The summed E-state index contributed by atoms with van der Waals surface area (Å²) in [4.78, 5) is 29.1. The second-order valence-corrected chi connectivity index (χ2v) is 7.88. The molecule has 1 amide bonds. The molecule has 1 aliphatic rings. The number of fused-ring (bicyclic) bond motifs is 1. The van der Waals surface area contributed by atoms with Crippen molar-refractivity contribution in [1.82, 2.24) is 4.57 Å². The average molecular weight is 405 g/mol. The van der Waals surface area contributed by atoms with Crippen molar-refractivity contribution in [1.29, 1.82) is 0 Å². The lowest BCUT2D eigenvalue weighted by atomic mass is 10.1. The highest BCUT2D eigenvalue weighted by molar-refractivity contribution is 7.10. The van der Waals surface area contributed by atoms with E-state index in [0.717, 1.165) is 43.9 Å². The van der Waals surface area contributed by atoms with E-state index in [1.807, 2.05) is 56.3 Å². The van der Waals surface area contributed by atoms with E-state index in [4.69, 9.17) is 0 Å². The summed E-state index contributed by atoms with van der Waals surface area (Å²) in [7, 11) is 0. The number of aliphatic imine (C=N–C) groups is 1. The summed E-state index contributed by atoms with van der Waals surface area (Å²) in [6.45, 7) is 3.62. The molecule has 6 nitrogen and oxygen atoms in total. The van der Waals surface area contributed by atoms with Gasteiger partial charge in [-0.3, -0.25) is 19.1 Å². The number of thiazole rings is 1. The lowest BCUT2D eigenvalue weighted by Gasteiger charge is -2.09. The van der Waals surface area contributed by atoms with Crippen LogP contribution in [0.2, 0.25) is 0 Å². The van der Waals surface area contributed by atoms with Crippen molar-refractivity contribution in [3.05, 3.63) is 73.7 Å². The molecule has 2 N–H and O–H groups in total. The Bertz CT molecular complexity index is 1230. The molecule has 146 valence electrons. The fraction of sp³-hybridized carbons (Fsp3) is 0.136. The topological polar surface area (TPSA) is 83.7 Å². The van der Waals surface area contributed by atoms with Crippen LogP contribution in [0.15, 0.2) is 52.3 Å². The van der Waals surface area contributed by atoms with Gasteiger partial charge in [0.25, 0.3) is 0 Å². The molecule has 0 spiro atoms. The van der Waals surface area contributed by atoms with Gasteiger partial charge in [0.2, 0.25) is 11.8 Å². The number of hydrogen-bond donors (Lipinski definition) is 2. The molecule has 0 bridgehead atoms. The summed E-state index contributed by atoms with van der Waals surface area (Å²) >= 11 is 0.895. The van der Waals surface area contributed by atoms with Crippen molar-refractivity contribution >= 4 is 46.5 Å². The molecule has 2 aromatic carbocycles. The lowest BCUT2D eigenvalue weighted by Crippen LogP contribution is -2.24. The van der Waals surface area contributed by atoms with Gasteiger partial charge in [0.15, 0.2) is 0 Å². The van der Waals surface area contributed by atoms with E-state index in [2.05, 4.69) is 10.3 Å². The van der Waals surface area contributed by atoms with Gasteiger partial charge in [-0.15, -0.1) is 0 Å². The number of carbonyl (C=O) groups excluding carboxylic acids is 1. The Kier molecular flexibility index (Phi) is 4.90. The third-order valence-corrected chi connectivity index (χ3v) is 5.61. The summed E-state index contributed by atoms with van der Waals surface area (Å²) in [5, 5.41) is 13.3. The van der Waals surface area contributed by atoms with E-state index < -0.39 is 4.87 Å². The first-order valence-corrected chi connectivity index (χ1v) is 9.89. The Balaban J connectivity index is 1.57. The number of nitrogens with one attached hydrogen (secondary N) is 1.